The summed E-state index contributed by atoms with van der Waals surface area (Å²) >= 11 is 0. The molecule has 8 aromatic carbocycles. The highest BCUT2D eigenvalue weighted by Crippen LogP contribution is 2.62. The Balaban J connectivity index is 1.10. The third-order valence-corrected chi connectivity index (χ3v) is 19.3. The maximum absolute atomic E-state index is 2.80. The Kier molecular flexibility index (Phi) is 10.5. The number of nitrogens with zero attached hydrogens (tertiary/aromatic N) is 3. The van der Waals surface area contributed by atoms with Crippen LogP contribution in [0.3, 0.4) is 0 Å². The number of fused-ring (bicyclic) bond motifs is 10. The predicted octanol–water partition coefficient (Wildman–Crippen LogP) is 17.7. The normalized spacial score (nSPS) is 19.9. The fraction of sp³-hybridized carbons (Fsp3) is 0.333. The Labute approximate surface area is 455 Å². The van der Waals surface area contributed by atoms with Gasteiger partial charge in [0.05, 0.1) is 11.2 Å². The molecule has 4 heteroatoms. The van der Waals surface area contributed by atoms with Gasteiger partial charge >= 0.3 is 0 Å². The van der Waals surface area contributed by atoms with Crippen molar-refractivity contribution in [3.05, 3.63) is 197 Å². The molecule has 1 saturated carbocycles. The van der Waals surface area contributed by atoms with Crippen LogP contribution in [0.25, 0.3) is 22.3 Å². The minimum absolute atomic E-state index is 0.00924. The molecule has 76 heavy (non-hydrogen) atoms. The van der Waals surface area contributed by atoms with Gasteiger partial charge in [-0.3, -0.25) is 0 Å². The van der Waals surface area contributed by atoms with Crippen molar-refractivity contribution >= 4 is 68.6 Å². The van der Waals surface area contributed by atoms with Crippen LogP contribution in [0.1, 0.15) is 155 Å². The molecule has 0 aromatic heterocycles. The summed E-state index contributed by atoms with van der Waals surface area (Å²) in [5, 5.41) is 0. The average Bonchev–Trinajstić information content (AvgIpc) is 3.95. The summed E-state index contributed by atoms with van der Waals surface area (Å²) in [4.78, 5) is 8.12. The van der Waals surface area contributed by atoms with Crippen LogP contribution in [-0.2, 0) is 27.1 Å². The van der Waals surface area contributed by atoms with E-state index < -0.39 is 0 Å². The highest BCUT2D eigenvalue weighted by Gasteiger charge is 2.58. The second-order valence-electron chi connectivity index (χ2n) is 27.5. The molecular weight excluding hydrogens is 918 g/mol. The van der Waals surface area contributed by atoms with Crippen LogP contribution in [0.2, 0.25) is 0 Å². The molecule has 13 rings (SSSR count). The molecule has 2 unspecified atom stereocenters. The van der Waals surface area contributed by atoms with E-state index in [2.05, 4.69) is 269 Å². The molecule has 0 bridgehead atoms. The van der Waals surface area contributed by atoms with Crippen molar-refractivity contribution in [3.8, 4) is 22.3 Å². The van der Waals surface area contributed by atoms with Crippen molar-refractivity contribution in [1.29, 1.82) is 0 Å². The van der Waals surface area contributed by atoms with Gasteiger partial charge in [0.2, 0.25) is 0 Å². The second-order valence-corrected chi connectivity index (χ2v) is 27.5. The van der Waals surface area contributed by atoms with Gasteiger partial charge in [0.1, 0.15) is 0 Å². The molecule has 0 amide bonds. The van der Waals surface area contributed by atoms with Crippen LogP contribution >= 0.6 is 0 Å². The smallest absolute Gasteiger partial charge is 0.252 e. The van der Waals surface area contributed by atoms with Gasteiger partial charge in [-0.15, -0.1) is 0 Å². The number of hydrogen-bond donors (Lipinski definition) is 0. The average molecular weight is 994 g/mol. The monoisotopic (exact) mass is 994 g/mol. The summed E-state index contributed by atoms with van der Waals surface area (Å²) in [7, 11) is 0. The maximum atomic E-state index is 2.80. The van der Waals surface area contributed by atoms with Crippen LogP contribution < -0.4 is 31.1 Å². The number of benzene rings is 8. The number of aryl methyl sites for hydroxylation is 1. The molecule has 0 radical (unpaired) electrons. The Morgan fingerprint density at radius 3 is 1.70 bits per heavy atom. The first-order valence-corrected chi connectivity index (χ1v) is 28.4. The van der Waals surface area contributed by atoms with Crippen molar-refractivity contribution in [3.63, 3.8) is 0 Å². The highest BCUT2D eigenvalue weighted by atomic mass is 15.3. The third kappa shape index (κ3) is 7.00. The summed E-state index contributed by atoms with van der Waals surface area (Å²) in [5.41, 5.74) is 28.7. The largest absolute Gasteiger partial charge is 0.334 e. The number of hydrogen-bond acceptors (Lipinski definition) is 3. The van der Waals surface area contributed by atoms with E-state index in [4.69, 9.17) is 0 Å². The van der Waals surface area contributed by atoms with Crippen molar-refractivity contribution in [2.75, 3.05) is 14.7 Å². The van der Waals surface area contributed by atoms with E-state index in [-0.39, 0.29) is 39.3 Å². The van der Waals surface area contributed by atoms with E-state index in [9.17, 15) is 0 Å². The standard InChI is InChI=1S/C72H76BN3/c1-45-38-64-66-65(39-45)75(60-34-27-47(67(2,3)4)40-53(60)46-22-16-15-17-23-46)62-42-49(69(8,9)10)26-32-58(62)73(66)59-33-30-51(76-61-35-28-48(68(5,6)7)41-57(61)71(13)36-20-21-37-72(71,76)14)44-63(59)74(64)50-29-31-56-54(43-50)52-24-18-19-25-55(52)70(56,11)12/h15-19,22-35,38-44H,20-21,36-37H2,1-14H3. The zero-order valence-electron chi connectivity index (χ0n) is 47.8. The molecule has 3 nitrogen and oxygen atoms in total. The van der Waals surface area contributed by atoms with Crippen LogP contribution in [0, 0.1) is 6.92 Å². The number of rotatable bonds is 4. The van der Waals surface area contributed by atoms with Crippen molar-refractivity contribution in [2.24, 2.45) is 0 Å². The third-order valence-electron chi connectivity index (χ3n) is 19.3. The van der Waals surface area contributed by atoms with Gasteiger partial charge in [-0.2, -0.15) is 0 Å². The van der Waals surface area contributed by atoms with E-state index in [1.807, 2.05) is 0 Å². The molecule has 3 aliphatic heterocycles. The summed E-state index contributed by atoms with van der Waals surface area (Å²) in [6, 6.07) is 62.4. The fourth-order valence-corrected chi connectivity index (χ4v) is 14.8. The molecule has 0 saturated heterocycles. The van der Waals surface area contributed by atoms with Gasteiger partial charge in [0.25, 0.3) is 6.71 Å². The zero-order valence-corrected chi connectivity index (χ0v) is 47.8. The molecule has 2 aliphatic carbocycles. The highest BCUT2D eigenvalue weighted by molar-refractivity contribution is 7.00. The summed E-state index contributed by atoms with van der Waals surface area (Å²) in [5.74, 6) is 0. The zero-order chi connectivity index (χ0) is 53.2. The van der Waals surface area contributed by atoms with E-state index in [0.29, 0.717) is 0 Å². The lowest BCUT2D eigenvalue weighted by molar-refractivity contribution is 0.195. The lowest BCUT2D eigenvalue weighted by Crippen LogP contribution is -2.61. The molecule has 1 fully saturated rings. The topological polar surface area (TPSA) is 9.72 Å². The van der Waals surface area contributed by atoms with Gasteiger partial charge in [-0.05, 0) is 176 Å². The van der Waals surface area contributed by atoms with E-state index in [1.165, 1.54) is 142 Å². The summed E-state index contributed by atoms with van der Waals surface area (Å²) in [6.07, 6.45) is 4.84. The molecule has 5 aliphatic rings. The van der Waals surface area contributed by atoms with Gasteiger partial charge in [-0.1, -0.05) is 193 Å². The van der Waals surface area contributed by atoms with E-state index in [0.717, 1.165) is 6.42 Å². The quantitative estimate of drug-likeness (QED) is 0.163. The summed E-state index contributed by atoms with van der Waals surface area (Å²) in [6.45, 7) is 33.4. The van der Waals surface area contributed by atoms with Crippen molar-refractivity contribution < 1.29 is 0 Å². The van der Waals surface area contributed by atoms with Crippen LogP contribution in [0.4, 0.5) is 45.5 Å². The van der Waals surface area contributed by atoms with Gasteiger partial charge in [0, 0.05) is 56.2 Å². The van der Waals surface area contributed by atoms with Crippen LogP contribution in [-0.4, -0.2) is 12.3 Å². The fourth-order valence-electron chi connectivity index (χ4n) is 14.8. The Morgan fingerprint density at radius 1 is 0.421 bits per heavy atom. The lowest BCUT2D eigenvalue weighted by atomic mass is 9.33. The van der Waals surface area contributed by atoms with Gasteiger partial charge in [-0.25, -0.2) is 0 Å². The first-order chi connectivity index (χ1) is 36.0. The predicted molar refractivity (Wildman–Crippen MR) is 327 cm³/mol. The second kappa shape index (κ2) is 16.4. The molecular formula is C72H76BN3. The minimum atomic E-state index is -0.0990. The Bertz CT molecular complexity index is 3710. The van der Waals surface area contributed by atoms with Crippen LogP contribution in [0.5, 0.6) is 0 Å². The maximum Gasteiger partial charge on any atom is 0.252 e. The SMILES string of the molecule is Cc1cc2c3c(c1)N(c1ccc(C(C)(C)C)cc1-c1ccccc1)c1cc(C(C)(C)C)ccc1B3c1ccc(N3c4ccc(C(C)(C)C)cc4C4(C)CCCCC34C)cc1N2c1ccc2c(c1)-c1ccccc1C2(C)C. The van der Waals surface area contributed by atoms with Crippen molar-refractivity contribution in [1.82, 2.24) is 0 Å². The minimum Gasteiger partial charge on any atom is -0.334 e. The lowest BCUT2D eigenvalue weighted by Gasteiger charge is -2.50. The molecule has 382 valence electrons. The van der Waals surface area contributed by atoms with Gasteiger partial charge < -0.3 is 14.7 Å². The first kappa shape index (κ1) is 48.8. The first-order valence-electron chi connectivity index (χ1n) is 28.4. The molecule has 2 atom stereocenters. The summed E-state index contributed by atoms with van der Waals surface area (Å²) < 4.78 is 0. The Morgan fingerprint density at radius 2 is 0.987 bits per heavy atom. The number of anilines is 8. The van der Waals surface area contributed by atoms with Crippen molar-refractivity contribution in [2.45, 2.75) is 155 Å². The van der Waals surface area contributed by atoms with Crippen LogP contribution in [0.15, 0.2) is 158 Å². The molecule has 8 aromatic rings. The van der Waals surface area contributed by atoms with Gasteiger partial charge in [0.15, 0.2) is 0 Å². The molecule has 3 heterocycles. The van der Waals surface area contributed by atoms with E-state index >= 15 is 0 Å². The molecule has 0 spiro atoms. The molecule has 0 N–H and O–H groups in total. The Hall–Kier alpha value is -6.78. The van der Waals surface area contributed by atoms with E-state index in [1.54, 1.807) is 0 Å².